The third kappa shape index (κ3) is 2.52. The van der Waals surface area contributed by atoms with Crippen molar-refractivity contribution >= 4 is 34.6 Å². The molecule has 0 amide bonds. The van der Waals surface area contributed by atoms with Gasteiger partial charge in [-0.15, -0.1) is 21.5 Å². The maximum atomic E-state index is 12.1. The van der Waals surface area contributed by atoms with E-state index in [9.17, 15) is 4.79 Å². The van der Waals surface area contributed by atoms with Crippen molar-refractivity contribution in [2.24, 2.45) is 0 Å². The normalized spacial score (nSPS) is 12.5. The number of aromatic nitrogens is 3. The number of fused-ring (bicyclic) bond motifs is 1. The highest BCUT2D eigenvalue weighted by molar-refractivity contribution is 7.16. The molecule has 20 heavy (non-hydrogen) atoms. The molecule has 3 aromatic heterocycles. The predicted octanol–water partition coefficient (Wildman–Crippen LogP) is 3.36. The molecule has 3 heterocycles. The van der Waals surface area contributed by atoms with Crippen LogP contribution in [-0.2, 0) is 4.74 Å². The monoisotopic (exact) mass is 307 g/mol. The van der Waals surface area contributed by atoms with E-state index < -0.39 is 5.97 Å². The van der Waals surface area contributed by atoms with Gasteiger partial charge in [0.2, 0.25) is 0 Å². The Balaban J connectivity index is 1.78. The van der Waals surface area contributed by atoms with Gasteiger partial charge in [-0.2, -0.15) is 0 Å². The van der Waals surface area contributed by atoms with Crippen molar-refractivity contribution in [2.75, 3.05) is 0 Å². The molecular weight excluding hydrogens is 298 g/mol. The highest BCUT2D eigenvalue weighted by atomic mass is 35.5. The molecule has 0 aliphatic heterocycles. The maximum absolute atomic E-state index is 12.1. The van der Waals surface area contributed by atoms with Crippen LogP contribution in [0.2, 0.25) is 4.34 Å². The summed E-state index contributed by atoms with van der Waals surface area (Å²) in [7, 11) is 0. The largest absolute Gasteiger partial charge is 0.453 e. The Hall–Kier alpha value is -1.92. The fraction of sp³-hybridized carbons (Fsp3) is 0.154. The number of carbonyl (C=O) groups excluding carboxylic acids is 1. The molecule has 0 aromatic carbocycles. The van der Waals surface area contributed by atoms with E-state index in [0.29, 0.717) is 15.5 Å². The number of carbonyl (C=O) groups is 1. The first-order valence-electron chi connectivity index (χ1n) is 5.89. The van der Waals surface area contributed by atoms with Crippen LogP contribution in [0.25, 0.3) is 5.65 Å². The molecule has 0 bridgehead atoms. The average molecular weight is 308 g/mol. The predicted molar refractivity (Wildman–Crippen MR) is 76.1 cm³/mol. The van der Waals surface area contributed by atoms with Crippen LogP contribution in [-0.4, -0.2) is 20.6 Å². The number of pyridine rings is 1. The van der Waals surface area contributed by atoms with Crippen LogP contribution in [0.5, 0.6) is 0 Å². The molecule has 0 unspecified atom stereocenters. The van der Waals surface area contributed by atoms with E-state index in [-0.39, 0.29) is 6.10 Å². The summed E-state index contributed by atoms with van der Waals surface area (Å²) >= 11 is 7.27. The number of thiophene rings is 1. The first kappa shape index (κ1) is 13.1. The van der Waals surface area contributed by atoms with Gasteiger partial charge in [0.15, 0.2) is 5.65 Å². The van der Waals surface area contributed by atoms with E-state index in [2.05, 4.69) is 10.2 Å². The lowest BCUT2D eigenvalue weighted by atomic mass is 10.2. The van der Waals surface area contributed by atoms with Crippen LogP contribution in [0.3, 0.4) is 0 Å². The fourth-order valence-electron chi connectivity index (χ4n) is 1.78. The summed E-state index contributed by atoms with van der Waals surface area (Å²) < 4.78 is 7.76. The van der Waals surface area contributed by atoms with Gasteiger partial charge in [-0.25, -0.2) is 4.79 Å². The van der Waals surface area contributed by atoms with Crippen molar-refractivity contribution in [3.05, 3.63) is 51.6 Å². The number of esters is 1. The van der Waals surface area contributed by atoms with Gasteiger partial charge in [-0.1, -0.05) is 11.6 Å². The van der Waals surface area contributed by atoms with Gasteiger partial charge in [0.25, 0.3) is 0 Å². The summed E-state index contributed by atoms with van der Waals surface area (Å²) in [6.45, 7) is 1.82. The summed E-state index contributed by atoms with van der Waals surface area (Å²) in [5, 5.41) is 7.64. The van der Waals surface area contributed by atoms with Crippen LogP contribution in [0.15, 0.2) is 36.8 Å². The smallest absolute Gasteiger partial charge is 0.340 e. The van der Waals surface area contributed by atoms with Crippen LogP contribution in [0.1, 0.15) is 28.3 Å². The van der Waals surface area contributed by atoms with Crippen LogP contribution in [0, 0.1) is 0 Å². The van der Waals surface area contributed by atoms with Gasteiger partial charge in [0.1, 0.15) is 12.4 Å². The second kappa shape index (κ2) is 5.22. The first-order valence-corrected chi connectivity index (χ1v) is 7.08. The van der Waals surface area contributed by atoms with Crippen LogP contribution < -0.4 is 0 Å². The average Bonchev–Trinajstić information content (AvgIpc) is 3.05. The Morgan fingerprint density at radius 2 is 2.25 bits per heavy atom. The molecule has 7 heteroatoms. The van der Waals surface area contributed by atoms with Crippen molar-refractivity contribution in [3.63, 3.8) is 0 Å². The van der Waals surface area contributed by atoms with Gasteiger partial charge >= 0.3 is 5.97 Å². The minimum atomic E-state index is -0.391. The van der Waals surface area contributed by atoms with Crippen LogP contribution in [0.4, 0.5) is 0 Å². The lowest BCUT2D eigenvalue weighted by molar-refractivity contribution is 0.0344. The molecule has 102 valence electrons. The number of ether oxygens (including phenoxy) is 1. The lowest BCUT2D eigenvalue weighted by Crippen LogP contribution is -2.09. The number of rotatable bonds is 3. The molecule has 0 radical (unpaired) electrons. The zero-order chi connectivity index (χ0) is 14.1. The van der Waals surface area contributed by atoms with Crippen molar-refractivity contribution in [2.45, 2.75) is 13.0 Å². The Morgan fingerprint density at radius 3 is 3.00 bits per heavy atom. The third-order valence-corrected chi connectivity index (χ3v) is 4.20. The maximum Gasteiger partial charge on any atom is 0.340 e. The standard InChI is InChI=1S/C13H10ClN3O2S/c1-8(10-3-4-11(14)20-10)19-13(18)9-2-5-12-16-15-7-17(12)6-9/h2-8H,1H3/t8-/m1/s1. The molecule has 0 aliphatic carbocycles. The van der Waals surface area contributed by atoms with E-state index in [4.69, 9.17) is 16.3 Å². The summed E-state index contributed by atoms with van der Waals surface area (Å²) in [5.41, 5.74) is 1.13. The van der Waals surface area contributed by atoms with Gasteiger partial charge in [-0.3, -0.25) is 4.40 Å². The van der Waals surface area contributed by atoms with E-state index in [1.807, 2.05) is 13.0 Å². The molecule has 0 saturated carbocycles. The second-order valence-corrected chi connectivity index (χ2v) is 5.95. The first-order chi connectivity index (χ1) is 9.63. The number of nitrogens with zero attached hydrogens (tertiary/aromatic N) is 3. The molecular formula is C13H10ClN3O2S. The molecule has 3 rings (SSSR count). The van der Waals surface area contributed by atoms with Gasteiger partial charge in [0, 0.05) is 11.1 Å². The topological polar surface area (TPSA) is 56.5 Å². The SMILES string of the molecule is C[C@@H](OC(=O)c1ccc2nncn2c1)c1ccc(Cl)s1. The Labute approximate surface area is 123 Å². The van der Waals surface area contributed by atoms with Gasteiger partial charge in [0.05, 0.1) is 9.90 Å². The number of hydrogen-bond donors (Lipinski definition) is 0. The lowest BCUT2D eigenvalue weighted by Gasteiger charge is -2.11. The highest BCUT2D eigenvalue weighted by Crippen LogP contribution is 2.29. The number of hydrogen-bond acceptors (Lipinski definition) is 5. The third-order valence-electron chi connectivity index (χ3n) is 2.81. The van der Waals surface area contributed by atoms with Crippen LogP contribution >= 0.6 is 22.9 Å². The van der Waals surface area contributed by atoms with Crippen molar-refractivity contribution < 1.29 is 9.53 Å². The van der Waals surface area contributed by atoms with E-state index in [1.165, 1.54) is 17.7 Å². The molecule has 5 nitrogen and oxygen atoms in total. The molecule has 0 fully saturated rings. The molecule has 0 saturated heterocycles. The zero-order valence-corrected chi connectivity index (χ0v) is 12.1. The molecule has 0 aliphatic rings. The van der Waals surface area contributed by atoms with Crippen molar-refractivity contribution in [1.29, 1.82) is 0 Å². The number of halogens is 1. The van der Waals surface area contributed by atoms with E-state index in [1.54, 1.807) is 28.8 Å². The highest BCUT2D eigenvalue weighted by Gasteiger charge is 2.16. The second-order valence-electron chi connectivity index (χ2n) is 4.20. The summed E-state index contributed by atoms with van der Waals surface area (Å²) in [6.07, 6.45) is 2.84. The van der Waals surface area contributed by atoms with E-state index in [0.717, 1.165) is 4.88 Å². The van der Waals surface area contributed by atoms with Gasteiger partial charge in [-0.05, 0) is 31.2 Å². The minimum absolute atomic E-state index is 0.336. The molecule has 1 atom stereocenters. The molecule has 3 aromatic rings. The molecule has 0 spiro atoms. The quantitative estimate of drug-likeness (QED) is 0.696. The fourth-order valence-corrected chi connectivity index (χ4v) is 2.82. The van der Waals surface area contributed by atoms with E-state index >= 15 is 0 Å². The van der Waals surface area contributed by atoms with Crippen molar-refractivity contribution in [1.82, 2.24) is 14.6 Å². The zero-order valence-electron chi connectivity index (χ0n) is 10.5. The summed E-state index contributed by atoms with van der Waals surface area (Å²) in [6, 6.07) is 7.03. The summed E-state index contributed by atoms with van der Waals surface area (Å²) in [5.74, 6) is -0.391. The summed E-state index contributed by atoms with van der Waals surface area (Å²) in [4.78, 5) is 13.0. The van der Waals surface area contributed by atoms with Gasteiger partial charge < -0.3 is 4.74 Å². The Kier molecular flexibility index (Phi) is 3.42. The Morgan fingerprint density at radius 1 is 1.40 bits per heavy atom. The molecule has 0 N–H and O–H groups in total. The van der Waals surface area contributed by atoms with Crippen molar-refractivity contribution in [3.8, 4) is 0 Å². The Bertz CT molecular complexity index is 768. The minimum Gasteiger partial charge on any atom is -0.453 e.